The molecule has 0 amide bonds. The summed E-state index contributed by atoms with van der Waals surface area (Å²) in [7, 11) is 0. The van der Waals surface area contributed by atoms with Gasteiger partial charge in [0.25, 0.3) is 0 Å². The van der Waals surface area contributed by atoms with E-state index in [2.05, 4.69) is 4.90 Å². The van der Waals surface area contributed by atoms with Crippen LogP contribution in [0.3, 0.4) is 0 Å². The second-order valence-electron chi connectivity index (χ2n) is 3.96. The van der Waals surface area contributed by atoms with Gasteiger partial charge in [0, 0.05) is 12.6 Å². The number of rotatable bonds is 4. The second-order valence-corrected chi connectivity index (χ2v) is 4.36. The van der Waals surface area contributed by atoms with Gasteiger partial charge in [-0.15, -0.1) is 0 Å². The summed E-state index contributed by atoms with van der Waals surface area (Å²) in [6.07, 6.45) is 2.28. The lowest BCUT2D eigenvalue weighted by Gasteiger charge is -2.24. The van der Waals surface area contributed by atoms with Gasteiger partial charge < -0.3 is 10.0 Å². The van der Waals surface area contributed by atoms with Gasteiger partial charge in [0.1, 0.15) is 5.56 Å². The van der Waals surface area contributed by atoms with Crippen molar-refractivity contribution in [2.45, 2.75) is 25.8 Å². The lowest BCUT2D eigenvalue weighted by Crippen LogP contribution is -2.27. The van der Waals surface area contributed by atoms with Gasteiger partial charge in [-0.1, -0.05) is 17.7 Å². The van der Waals surface area contributed by atoms with Crippen molar-refractivity contribution in [1.29, 1.82) is 0 Å². The Kier molecular flexibility index (Phi) is 3.06. The molecule has 16 heavy (non-hydrogen) atoms. The van der Waals surface area contributed by atoms with Crippen molar-refractivity contribution in [2.24, 2.45) is 0 Å². The monoisotopic (exact) mass is 239 g/mol. The number of halogens is 1. The zero-order valence-electron chi connectivity index (χ0n) is 9.11. The van der Waals surface area contributed by atoms with E-state index in [-0.39, 0.29) is 5.56 Å². The van der Waals surface area contributed by atoms with E-state index in [1.54, 1.807) is 12.1 Å². The van der Waals surface area contributed by atoms with Crippen molar-refractivity contribution in [1.82, 2.24) is 0 Å². The highest BCUT2D eigenvalue weighted by Crippen LogP contribution is 2.35. The molecular formula is C12H14ClNO2. The van der Waals surface area contributed by atoms with E-state index in [1.165, 1.54) is 0 Å². The smallest absolute Gasteiger partial charge is 0.339 e. The minimum atomic E-state index is -0.959. The normalized spacial score (nSPS) is 14.9. The molecule has 0 heterocycles. The van der Waals surface area contributed by atoms with Crippen LogP contribution in [0.2, 0.25) is 5.02 Å². The zero-order valence-corrected chi connectivity index (χ0v) is 9.87. The minimum Gasteiger partial charge on any atom is -0.478 e. The predicted molar refractivity (Wildman–Crippen MR) is 64.5 cm³/mol. The van der Waals surface area contributed by atoms with E-state index in [9.17, 15) is 9.90 Å². The van der Waals surface area contributed by atoms with Crippen LogP contribution in [-0.2, 0) is 0 Å². The molecule has 86 valence electrons. The first-order valence-electron chi connectivity index (χ1n) is 5.43. The topological polar surface area (TPSA) is 40.5 Å². The summed E-state index contributed by atoms with van der Waals surface area (Å²) in [6, 6.07) is 5.74. The zero-order chi connectivity index (χ0) is 11.7. The molecule has 2 rings (SSSR count). The number of carboxylic acids is 1. The van der Waals surface area contributed by atoms with Crippen molar-refractivity contribution < 1.29 is 9.90 Å². The van der Waals surface area contributed by atoms with Gasteiger partial charge in [0.2, 0.25) is 0 Å². The largest absolute Gasteiger partial charge is 0.478 e. The molecule has 0 spiro atoms. The third-order valence-electron chi connectivity index (χ3n) is 2.84. The Balaban J connectivity index is 2.45. The van der Waals surface area contributed by atoms with Gasteiger partial charge in [0.15, 0.2) is 0 Å². The lowest BCUT2D eigenvalue weighted by atomic mass is 10.1. The van der Waals surface area contributed by atoms with Crippen molar-refractivity contribution in [3.8, 4) is 0 Å². The van der Waals surface area contributed by atoms with Gasteiger partial charge in [0.05, 0.1) is 10.7 Å². The van der Waals surface area contributed by atoms with Crippen LogP contribution < -0.4 is 4.90 Å². The molecule has 1 aromatic rings. The van der Waals surface area contributed by atoms with Crippen LogP contribution in [0.4, 0.5) is 5.69 Å². The fraction of sp³-hybridized carbons (Fsp3) is 0.417. The number of anilines is 1. The highest BCUT2D eigenvalue weighted by Gasteiger charge is 2.30. The Morgan fingerprint density at radius 2 is 2.25 bits per heavy atom. The third kappa shape index (κ3) is 2.00. The number of hydrogen-bond acceptors (Lipinski definition) is 2. The molecule has 1 fully saturated rings. The van der Waals surface area contributed by atoms with E-state index in [0.29, 0.717) is 11.1 Å². The first kappa shape index (κ1) is 11.3. The van der Waals surface area contributed by atoms with Gasteiger partial charge in [-0.3, -0.25) is 0 Å². The van der Waals surface area contributed by atoms with E-state index < -0.39 is 5.97 Å². The average molecular weight is 240 g/mol. The van der Waals surface area contributed by atoms with Crippen LogP contribution in [0.5, 0.6) is 0 Å². The number of carboxylic acid groups (broad SMARTS) is 1. The maximum atomic E-state index is 11.2. The second kappa shape index (κ2) is 4.34. The Morgan fingerprint density at radius 3 is 2.75 bits per heavy atom. The van der Waals surface area contributed by atoms with Gasteiger partial charge in [-0.2, -0.15) is 0 Å². The van der Waals surface area contributed by atoms with Crippen molar-refractivity contribution >= 4 is 23.3 Å². The summed E-state index contributed by atoms with van der Waals surface area (Å²) in [4.78, 5) is 13.3. The van der Waals surface area contributed by atoms with E-state index in [4.69, 9.17) is 11.6 Å². The maximum Gasteiger partial charge on any atom is 0.339 e. The fourth-order valence-corrected chi connectivity index (χ4v) is 2.23. The minimum absolute atomic E-state index is 0.220. The molecule has 0 saturated heterocycles. The van der Waals surface area contributed by atoms with E-state index in [1.807, 2.05) is 13.0 Å². The third-order valence-corrected chi connectivity index (χ3v) is 3.16. The van der Waals surface area contributed by atoms with Crippen LogP contribution in [0, 0.1) is 0 Å². The molecule has 0 atom stereocenters. The van der Waals surface area contributed by atoms with Gasteiger partial charge >= 0.3 is 5.97 Å². The van der Waals surface area contributed by atoms with Gasteiger partial charge in [-0.05, 0) is 31.9 Å². The molecule has 1 aliphatic carbocycles. The molecule has 0 unspecified atom stereocenters. The number of carbonyl (C=O) groups is 1. The molecule has 0 radical (unpaired) electrons. The van der Waals surface area contributed by atoms with E-state index in [0.717, 1.165) is 25.1 Å². The molecule has 0 aromatic heterocycles. The SMILES string of the molecule is CCN(c1cccc(Cl)c1C(=O)O)C1CC1. The highest BCUT2D eigenvalue weighted by molar-refractivity contribution is 6.34. The number of nitrogens with zero attached hydrogens (tertiary/aromatic N) is 1. The van der Waals surface area contributed by atoms with Crippen LogP contribution in [-0.4, -0.2) is 23.7 Å². The molecular weight excluding hydrogens is 226 g/mol. The average Bonchev–Trinajstić information content (AvgIpc) is 3.02. The molecule has 1 aliphatic rings. The molecule has 4 heteroatoms. The molecule has 1 N–H and O–H groups in total. The maximum absolute atomic E-state index is 11.2. The number of benzene rings is 1. The Hall–Kier alpha value is -1.22. The first-order valence-corrected chi connectivity index (χ1v) is 5.81. The Labute approximate surface area is 99.6 Å². The first-order chi connectivity index (χ1) is 7.65. The van der Waals surface area contributed by atoms with Crippen LogP contribution in [0.25, 0.3) is 0 Å². The number of aromatic carboxylic acids is 1. The van der Waals surface area contributed by atoms with Gasteiger partial charge in [-0.25, -0.2) is 4.79 Å². The molecule has 3 nitrogen and oxygen atoms in total. The Morgan fingerprint density at radius 1 is 1.56 bits per heavy atom. The van der Waals surface area contributed by atoms with Crippen molar-refractivity contribution in [3.05, 3.63) is 28.8 Å². The molecule has 1 aromatic carbocycles. The molecule has 0 aliphatic heterocycles. The summed E-state index contributed by atoms with van der Waals surface area (Å²) in [5.41, 5.74) is 0.961. The van der Waals surface area contributed by atoms with Crippen molar-refractivity contribution in [3.63, 3.8) is 0 Å². The predicted octanol–water partition coefficient (Wildman–Crippen LogP) is 3.03. The van der Waals surface area contributed by atoms with Crippen LogP contribution in [0.1, 0.15) is 30.1 Å². The summed E-state index contributed by atoms with van der Waals surface area (Å²) in [5, 5.41) is 9.49. The molecule has 1 saturated carbocycles. The summed E-state index contributed by atoms with van der Waals surface area (Å²) >= 11 is 5.94. The summed E-state index contributed by atoms with van der Waals surface area (Å²) in [5.74, 6) is -0.959. The van der Waals surface area contributed by atoms with Crippen LogP contribution >= 0.6 is 11.6 Å². The quantitative estimate of drug-likeness (QED) is 0.878. The Bertz CT molecular complexity index is 415. The fourth-order valence-electron chi connectivity index (χ4n) is 1.98. The summed E-state index contributed by atoms with van der Waals surface area (Å²) < 4.78 is 0. The lowest BCUT2D eigenvalue weighted by molar-refractivity contribution is 0.0697. The number of hydrogen-bond donors (Lipinski definition) is 1. The molecule has 0 bridgehead atoms. The van der Waals surface area contributed by atoms with E-state index >= 15 is 0 Å². The highest BCUT2D eigenvalue weighted by atomic mass is 35.5. The standard InChI is InChI=1S/C12H14ClNO2/c1-2-14(8-6-7-8)10-5-3-4-9(13)11(10)12(15)16/h3-5,8H,2,6-7H2,1H3,(H,15,16). The van der Waals surface area contributed by atoms with Crippen LogP contribution in [0.15, 0.2) is 18.2 Å². The summed E-state index contributed by atoms with van der Waals surface area (Å²) in [6.45, 7) is 2.84. The van der Waals surface area contributed by atoms with Crippen molar-refractivity contribution in [2.75, 3.05) is 11.4 Å².